The predicted octanol–water partition coefficient (Wildman–Crippen LogP) is 10.3. The normalized spacial score (nSPS) is 13.0. The minimum Gasteiger partial charge on any atom is -0.481 e. The summed E-state index contributed by atoms with van der Waals surface area (Å²) in [7, 11) is 0. The van der Waals surface area contributed by atoms with Gasteiger partial charge in [-0.15, -0.1) is 0 Å². The van der Waals surface area contributed by atoms with E-state index in [0.29, 0.717) is 36.8 Å². The third-order valence-corrected chi connectivity index (χ3v) is 9.67. The van der Waals surface area contributed by atoms with E-state index in [1.165, 1.54) is 25.7 Å². The van der Waals surface area contributed by atoms with Crippen LogP contribution >= 0.6 is 0 Å². The number of hydrogen-bond donors (Lipinski definition) is 2. The van der Waals surface area contributed by atoms with E-state index in [2.05, 4.69) is 19.1 Å². The molecule has 6 heteroatoms. The first kappa shape index (κ1) is 35.1. The van der Waals surface area contributed by atoms with Gasteiger partial charge in [-0.05, 0) is 62.7 Å². The first-order valence-corrected chi connectivity index (χ1v) is 17.5. The maximum Gasteiger partial charge on any atom is 0.311 e. The number of Topliss-reactive ketones (excluding diaryl/α,β-unsaturated/α-hetero) is 2. The Labute approximate surface area is 272 Å². The van der Waals surface area contributed by atoms with E-state index in [1.54, 1.807) is 6.92 Å². The Morgan fingerprint density at radius 3 is 1.41 bits per heavy atom. The predicted molar refractivity (Wildman–Crippen MR) is 186 cm³/mol. The van der Waals surface area contributed by atoms with Crippen LogP contribution in [0.2, 0.25) is 0 Å². The van der Waals surface area contributed by atoms with Crippen molar-refractivity contribution in [2.24, 2.45) is 0 Å². The number of carboxylic acid groups (broad SMARTS) is 2. The first-order valence-electron chi connectivity index (χ1n) is 17.5. The van der Waals surface area contributed by atoms with Crippen LogP contribution in [0.15, 0.2) is 48.5 Å². The fourth-order valence-corrected chi connectivity index (χ4v) is 7.23. The van der Waals surface area contributed by atoms with Crippen molar-refractivity contribution in [2.45, 2.75) is 128 Å². The molecule has 0 bridgehead atoms. The Morgan fingerprint density at radius 2 is 0.978 bits per heavy atom. The fourth-order valence-electron chi connectivity index (χ4n) is 7.23. The van der Waals surface area contributed by atoms with E-state index in [9.17, 15) is 29.4 Å². The lowest BCUT2D eigenvalue weighted by atomic mass is 9.76. The molecule has 0 aliphatic rings. The van der Waals surface area contributed by atoms with Gasteiger partial charge in [0.25, 0.3) is 0 Å². The van der Waals surface area contributed by atoms with Crippen LogP contribution in [-0.2, 0) is 19.2 Å². The van der Waals surface area contributed by atoms with Crippen LogP contribution in [0.5, 0.6) is 0 Å². The highest BCUT2D eigenvalue weighted by Crippen LogP contribution is 2.46. The van der Waals surface area contributed by atoms with Crippen LogP contribution in [0.1, 0.15) is 140 Å². The summed E-state index contributed by atoms with van der Waals surface area (Å²) in [5.41, 5.74) is 1.29. The summed E-state index contributed by atoms with van der Waals surface area (Å²) in [6.07, 6.45) is 12.9. The van der Waals surface area contributed by atoms with Crippen LogP contribution in [-0.4, -0.2) is 33.7 Å². The SMILES string of the molecule is CCCCCCCCCCC(C(=O)O)c1c(C(CCCCCCC(=O)C(=O)CC)C(=O)O)c2cccc3ccc4cccc1c4c32. The van der Waals surface area contributed by atoms with Gasteiger partial charge in [0.1, 0.15) is 0 Å². The fraction of sp³-hybridized carbons (Fsp3) is 0.500. The quantitative estimate of drug-likeness (QED) is 0.0510. The van der Waals surface area contributed by atoms with Crippen molar-refractivity contribution in [2.75, 3.05) is 0 Å². The number of rotatable bonds is 22. The summed E-state index contributed by atoms with van der Waals surface area (Å²) in [4.78, 5) is 49.7. The van der Waals surface area contributed by atoms with E-state index in [4.69, 9.17) is 0 Å². The molecule has 0 aromatic heterocycles. The van der Waals surface area contributed by atoms with Crippen LogP contribution < -0.4 is 0 Å². The second-order valence-electron chi connectivity index (χ2n) is 12.9. The molecule has 0 heterocycles. The topological polar surface area (TPSA) is 109 Å². The average molecular weight is 627 g/mol. The monoisotopic (exact) mass is 626 g/mol. The Hall–Kier alpha value is -3.80. The molecule has 2 N–H and O–H groups in total. The molecule has 0 spiro atoms. The second-order valence-corrected chi connectivity index (χ2v) is 12.9. The number of unbranched alkanes of at least 4 members (excludes halogenated alkanes) is 10. The van der Waals surface area contributed by atoms with Gasteiger partial charge in [0, 0.05) is 12.8 Å². The third kappa shape index (κ3) is 8.31. The van der Waals surface area contributed by atoms with E-state index < -0.39 is 23.8 Å². The van der Waals surface area contributed by atoms with Gasteiger partial charge in [-0.2, -0.15) is 0 Å². The zero-order chi connectivity index (χ0) is 33.1. The molecule has 0 saturated heterocycles. The molecule has 4 rings (SSSR count). The van der Waals surface area contributed by atoms with Crippen molar-refractivity contribution in [3.8, 4) is 0 Å². The van der Waals surface area contributed by atoms with Gasteiger partial charge in [0.05, 0.1) is 11.8 Å². The number of aliphatic carboxylic acids is 2. The molecule has 0 aliphatic heterocycles. The molecule has 4 aromatic rings. The van der Waals surface area contributed by atoms with Crippen molar-refractivity contribution in [3.63, 3.8) is 0 Å². The van der Waals surface area contributed by atoms with E-state index in [1.807, 2.05) is 36.4 Å². The minimum atomic E-state index is -0.948. The first-order chi connectivity index (χ1) is 22.3. The van der Waals surface area contributed by atoms with Gasteiger partial charge in [0.15, 0.2) is 11.6 Å². The van der Waals surface area contributed by atoms with E-state index >= 15 is 0 Å². The van der Waals surface area contributed by atoms with Crippen molar-refractivity contribution in [1.29, 1.82) is 0 Å². The molecule has 46 heavy (non-hydrogen) atoms. The van der Waals surface area contributed by atoms with Crippen LogP contribution in [0, 0.1) is 0 Å². The molecular weight excluding hydrogens is 576 g/mol. The van der Waals surface area contributed by atoms with E-state index in [-0.39, 0.29) is 24.4 Å². The van der Waals surface area contributed by atoms with Gasteiger partial charge >= 0.3 is 11.9 Å². The number of carbonyl (C=O) groups excluding carboxylic acids is 2. The van der Waals surface area contributed by atoms with Crippen molar-refractivity contribution in [3.05, 3.63) is 59.7 Å². The molecule has 0 aliphatic carbocycles. The molecule has 0 fully saturated rings. The molecule has 0 saturated carbocycles. The van der Waals surface area contributed by atoms with Crippen molar-refractivity contribution < 1.29 is 29.4 Å². The zero-order valence-corrected chi connectivity index (χ0v) is 27.6. The highest BCUT2D eigenvalue weighted by Gasteiger charge is 2.33. The maximum absolute atomic E-state index is 13.1. The molecular formula is C40H50O6. The average Bonchev–Trinajstić information content (AvgIpc) is 3.05. The lowest BCUT2D eigenvalue weighted by Gasteiger charge is -2.27. The van der Waals surface area contributed by atoms with Crippen LogP contribution in [0.3, 0.4) is 0 Å². The molecule has 0 amide bonds. The van der Waals surface area contributed by atoms with E-state index in [0.717, 1.165) is 70.8 Å². The molecule has 4 aromatic carbocycles. The molecule has 6 nitrogen and oxygen atoms in total. The highest BCUT2D eigenvalue weighted by molar-refractivity contribution is 6.37. The summed E-state index contributed by atoms with van der Waals surface area (Å²) >= 11 is 0. The summed E-state index contributed by atoms with van der Waals surface area (Å²) in [5.74, 6) is -4.21. The van der Waals surface area contributed by atoms with Crippen molar-refractivity contribution >= 4 is 55.8 Å². The third-order valence-electron chi connectivity index (χ3n) is 9.67. The second kappa shape index (κ2) is 17.2. The lowest BCUT2D eigenvalue weighted by molar-refractivity contribution is -0.140. The highest BCUT2D eigenvalue weighted by atomic mass is 16.4. The standard InChI is InChI=1S/C40H50O6/c1-3-5-6-7-8-9-10-13-20-31(39(43)44)37-29-22-16-18-27-25-26-28-19-17-23-30(36(28)35(27)29)38(37)32(40(45)46)21-14-11-12-15-24-34(42)33(41)4-2/h16-19,22-23,25-26,31-32H,3-15,20-21,24H2,1-2H3,(H,43,44)(H,45,46). The van der Waals surface area contributed by atoms with Crippen LogP contribution in [0.25, 0.3) is 32.3 Å². The van der Waals surface area contributed by atoms with Crippen LogP contribution in [0.4, 0.5) is 0 Å². The number of benzene rings is 4. The lowest BCUT2D eigenvalue weighted by Crippen LogP contribution is -2.20. The molecule has 246 valence electrons. The minimum absolute atomic E-state index is 0.219. The summed E-state index contributed by atoms with van der Waals surface area (Å²) in [6.45, 7) is 3.89. The molecule has 2 unspecified atom stereocenters. The van der Waals surface area contributed by atoms with Crippen molar-refractivity contribution in [1.82, 2.24) is 0 Å². The largest absolute Gasteiger partial charge is 0.481 e. The van der Waals surface area contributed by atoms with Gasteiger partial charge in [-0.1, -0.05) is 133 Å². The zero-order valence-electron chi connectivity index (χ0n) is 27.6. The number of ketones is 2. The maximum atomic E-state index is 13.1. The number of carboxylic acids is 2. The van der Waals surface area contributed by atoms with Gasteiger partial charge in [-0.3, -0.25) is 19.2 Å². The van der Waals surface area contributed by atoms with Gasteiger partial charge in [-0.25, -0.2) is 0 Å². The number of hydrogen-bond acceptors (Lipinski definition) is 4. The molecule has 0 radical (unpaired) electrons. The van der Waals surface area contributed by atoms with Gasteiger partial charge in [0.2, 0.25) is 0 Å². The Balaban J connectivity index is 1.68. The molecule has 2 atom stereocenters. The Bertz CT molecular complexity index is 1640. The number of carbonyl (C=O) groups is 4. The Morgan fingerprint density at radius 1 is 0.543 bits per heavy atom. The summed E-state index contributed by atoms with van der Waals surface area (Å²) in [6, 6.07) is 16.0. The summed E-state index contributed by atoms with van der Waals surface area (Å²) in [5, 5.41) is 27.1. The smallest absolute Gasteiger partial charge is 0.311 e. The van der Waals surface area contributed by atoms with Gasteiger partial charge < -0.3 is 10.2 Å². The summed E-state index contributed by atoms with van der Waals surface area (Å²) < 4.78 is 0. The Kier molecular flexibility index (Phi) is 13.1.